The van der Waals surface area contributed by atoms with Crippen LogP contribution in [0.2, 0.25) is 0 Å². The van der Waals surface area contributed by atoms with Crippen molar-refractivity contribution in [1.82, 2.24) is 0 Å². The molecule has 0 heterocycles. The normalized spacial score (nSPS) is 43.7. The first-order valence-corrected chi connectivity index (χ1v) is 11.3. The van der Waals surface area contributed by atoms with Crippen molar-refractivity contribution >= 4 is 0 Å². The summed E-state index contributed by atoms with van der Waals surface area (Å²) in [5.74, 6) is 5.67. The largest absolute Gasteiger partial charge is 0.103 e. The number of rotatable bonds is 3. The van der Waals surface area contributed by atoms with Crippen LogP contribution in [0.1, 0.15) is 84.0 Å². The Hall–Kier alpha value is -0.780. The Bertz CT molecular complexity index is 572. The van der Waals surface area contributed by atoms with Crippen molar-refractivity contribution in [1.29, 1.82) is 0 Å². The molecule has 0 unspecified atom stereocenters. The molecule has 0 aromatic heterocycles. The van der Waals surface area contributed by atoms with Gasteiger partial charge in [0.2, 0.25) is 0 Å². The van der Waals surface area contributed by atoms with Crippen molar-refractivity contribution in [2.75, 3.05) is 0 Å². The van der Waals surface area contributed by atoms with Gasteiger partial charge in [0, 0.05) is 5.92 Å². The van der Waals surface area contributed by atoms with Crippen LogP contribution in [0.4, 0.5) is 0 Å². The van der Waals surface area contributed by atoms with Crippen LogP contribution in [0.25, 0.3) is 0 Å². The van der Waals surface area contributed by atoms with Crippen LogP contribution in [-0.2, 0) is 0 Å². The van der Waals surface area contributed by atoms with Crippen LogP contribution in [0.3, 0.4) is 0 Å². The van der Waals surface area contributed by atoms with E-state index in [9.17, 15) is 0 Å². The average Bonchev–Trinajstić information content (AvgIpc) is 3.15. The summed E-state index contributed by atoms with van der Waals surface area (Å²) >= 11 is 0. The monoisotopic (exact) mass is 336 g/mol. The lowest BCUT2D eigenvalue weighted by Crippen LogP contribution is -2.29. The Labute approximate surface area is 154 Å². The third-order valence-corrected chi connectivity index (χ3v) is 9.05. The van der Waals surface area contributed by atoms with E-state index in [4.69, 9.17) is 0 Å². The van der Waals surface area contributed by atoms with E-state index >= 15 is 0 Å². The van der Waals surface area contributed by atoms with Crippen molar-refractivity contribution in [2.24, 2.45) is 35.5 Å². The summed E-state index contributed by atoms with van der Waals surface area (Å²) in [4.78, 5) is 0. The van der Waals surface area contributed by atoms with Gasteiger partial charge in [-0.3, -0.25) is 0 Å². The third kappa shape index (κ3) is 2.62. The molecule has 4 bridgehead atoms. The van der Waals surface area contributed by atoms with Gasteiger partial charge >= 0.3 is 0 Å². The molecule has 25 heavy (non-hydrogen) atoms. The van der Waals surface area contributed by atoms with Crippen LogP contribution < -0.4 is 0 Å². The summed E-state index contributed by atoms with van der Waals surface area (Å²) in [7, 11) is 0. The van der Waals surface area contributed by atoms with Gasteiger partial charge in [-0.25, -0.2) is 0 Å². The fraction of sp³-hybridized carbons (Fsp3) is 0.760. The van der Waals surface area contributed by atoms with Gasteiger partial charge in [0.05, 0.1) is 0 Å². The van der Waals surface area contributed by atoms with E-state index < -0.39 is 0 Å². The number of hydrogen-bond acceptors (Lipinski definition) is 0. The summed E-state index contributed by atoms with van der Waals surface area (Å²) in [6.45, 7) is 6.51. The fourth-order valence-electron chi connectivity index (χ4n) is 7.67. The molecule has 0 aromatic carbocycles. The second-order valence-corrected chi connectivity index (χ2v) is 9.89. The van der Waals surface area contributed by atoms with Crippen LogP contribution in [-0.4, -0.2) is 0 Å². The van der Waals surface area contributed by atoms with E-state index in [-0.39, 0.29) is 0 Å². The predicted octanol–water partition coefficient (Wildman–Crippen LogP) is 7.23. The molecule has 5 aliphatic rings. The summed E-state index contributed by atoms with van der Waals surface area (Å²) in [5.41, 5.74) is 7.68. The molecule has 4 saturated carbocycles. The molecule has 5 aliphatic carbocycles. The van der Waals surface area contributed by atoms with Crippen molar-refractivity contribution in [3.63, 3.8) is 0 Å². The Morgan fingerprint density at radius 3 is 1.60 bits per heavy atom. The second kappa shape index (κ2) is 6.43. The van der Waals surface area contributed by atoms with Gasteiger partial charge in [0.15, 0.2) is 0 Å². The third-order valence-electron chi connectivity index (χ3n) is 9.05. The van der Waals surface area contributed by atoms with E-state index in [1.165, 1.54) is 77.0 Å². The molecule has 0 nitrogen and oxygen atoms in total. The van der Waals surface area contributed by atoms with Crippen LogP contribution in [0.15, 0.2) is 34.9 Å². The lowest BCUT2D eigenvalue weighted by molar-refractivity contribution is 0.145. The molecule has 0 N–H and O–H groups in total. The summed E-state index contributed by atoms with van der Waals surface area (Å²) in [6, 6.07) is 0. The Morgan fingerprint density at radius 1 is 0.640 bits per heavy atom. The quantitative estimate of drug-likeness (QED) is 0.477. The molecular formula is C25H36. The summed E-state index contributed by atoms with van der Waals surface area (Å²) in [5, 5.41) is 0. The molecule has 0 aliphatic heterocycles. The highest BCUT2D eigenvalue weighted by molar-refractivity contribution is 5.49. The first kappa shape index (κ1) is 16.4. The zero-order valence-corrected chi connectivity index (χ0v) is 16.2. The van der Waals surface area contributed by atoms with E-state index in [1.807, 2.05) is 22.3 Å². The van der Waals surface area contributed by atoms with Crippen molar-refractivity contribution in [2.45, 2.75) is 84.0 Å². The van der Waals surface area contributed by atoms with Gasteiger partial charge in [0.25, 0.3) is 0 Å². The van der Waals surface area contributed by atoms with E-state index in [1.54, 1.807) is 0 Å². The first-order chi connectivity index (χ1) is 12.3. The fourth-order valence-corrected chi connectivity index (χ4v) is 7.67. The highest BCUT2D eigenvalue weighted by Crippen LogP contribution is 2.58. The number of hydrogen-bond donors (Lipinski definition) is 0. The molecule has 5 rings (SSSR count). The SMILES string of the molecule is C=CC1CCC(C2CCC(C3C4=C5CCC(=C3CC4)C5C)CC2)CC1. The first-order valence-electron chi connectivity index (χ1n) is 11.3. The Kier molecular flexibility index (Phi) is 4.22. The minimum atomic E-state index is 0.824. The van der Waals surface area contributed by atoms with Gasteiger partial charge < -0.3 is 0 Å². The summed E-state index contributed by atoms with van der Waals surface area (Å²) in [6.07, 6.45) is 19.8. The van der Waals surface area contributed by atoms with Crippen LogP contribution in [0, 0.1) is 35.5 Å². The Balaban J connectivity index is 1.24. The molecule has 0 aromatic rings. The van der Waals surface area contributed by atoms with Crippen molar-refractivity contribution in [3.8, 4) is 0 Å². The second-order valence-electron chi connectivity index (χ2n) is 9.89. The maximum absolute atomic E-state index is 4.02. The van der Waals surface area contributed by atoms with Crippen LogP contribution >= 0.6 is 0 Å². The molecule has 0 spiro atoms. The number of allylic oxidation sites excluding steroid dienone is 5. The standard InChI is InChI=1S/C25H36/c1-3-17-4-6-18(7-5-17)19-8-10-20(11-9-19)25-23-14-15-24(25)22-13-12-21(23)16(22)2/h3,16-20,25H,1,4-15H2,2H3. The molecule has 0 saturated heterocycles. The lowest BCUT2D eigenvalue weighted by Gasteiger charge is -2.40. The average molecular weight is 337 g/mol. The molecular weight excluding hydrogens is 300 g/mol. The molecule has 4 fully saturated rings. The van der Waals surface area contributed by atoms with Gasteiger partial charge in [0.1, 0.15) is 0 Å². The van der Waals surface area contributed by atoms with Gasteiger partial charge in [-0.05, 0) is 107 Å². The molecule has 0 atom stereocenters. The van der Waals surface area contributed by atoms with E-state index in [2.05, 4.69) is 19.6 Å². The van der Waals surface area contributed by atoms with Gasteiger partial charge in [-0.15, -0.1) is 6.58 Å². The van der Waals surface area contributed by atoms with Gasteiger partial charge in [-0.1, -0.05) is 35.3 Å². The maximum atomic E-state index is 4.02. The zero-order chi connectivity index (χ0) is 17.0. The highest BCUT2D eigenvalue weighted by Gasteiger charge is 2.45. The molecule has 0 radical (unpaired) electrons. The number of fused-ring (bicyclic) bond motifs is 4. The van der Waals surface area contributed by atoms with Gasteiger partial charge in [-0.2, -0.15) is 0 Å². The minimum Gasteiger partial charge on any atom is -0.103 e. The lowest BCUT2D eigenvalue weighted by atomic mass is 9.65. The summed E-state index contributed by atoms with van der Waals surface area (Å²) < 4.78 is 0. The van der Waals surface area contributed by atoms with E-state index in [0.717, 1.165) is 35.5 Å². The molecule has 136 valence electrons. The molecule has 0 heteroatoms. The topological polar surface area (TPSA) is 0 Å². The van der Waals surface area contributed by atoms with Crippen molar-refractivity contribution in [3.05, 3.63) is 34.9 Å². The predicted molar refractivity (Wildman–Crippen MR) is 106 cm³/mol. The van der Waals surface area contributed by atoms with Crippen LogP contribution in [0.5, 0.6) is 0 Å². The maximum Gasteiger partial charge on any atom is 0.00412 e. The minimum absolute atomic E-state index is 0.824. The highest BCUT2D eigenvalue weighted by atomic mass is 14.5. The van der Waals surface area contributed by atoms with Crippen molar-refractivity contribution < 1.29 is 0 Å². The molecule has 0 amide bonds. The Morgan fingerprint density at radius 2 is 1.08 bits per heavy atom. The zero-order valence-electron chi connectivity index (χ0n) is 16.2. The van der Waals surface area contributed by atoms with E-state index in [0.29, 0.717) is 0 Å². The smallest absolute Gasteiger partial charge is 0.00412 e.